The van der Waals surface area contributed by atoms with Crippen molar-refractivity contribution in [2.75, 3.05) is 5.88 Å². The third kappa shape index (κ3) is 3.49. The van der Waals surface area contributed by atoms with E-state index in [9.17, 15) is 4.39 Å². The molecule has 0 radical (unpaired) electrons. The molecule has 0 nitrogen and oxygen atoms in total. The Morgan fingerprint density at radius 1 is 1.46 bits per heavy atom. The lowest BCUT2D eigenvalue weighted by Crippen LogP contribution is -1.78. The highest BCUT2D eigenvalue weighted by molar-refractivity contribution is 9.10. The summed E-state index contributed by atoms with van der Waals surface area (Å²) in [5.74, 6) is 0.372. The third-order valence-electron chi connectivity index (χ3n) is 1.54. The second kappa shape index (κ2) is 5.40. The van der Waals surface area contributed by atoms with E-state index in [-0.39, 0.29) is 5.82 Å². The zero-order valence-electron chi connectivity index (χ0n) is 6.93. The van der Waals surface area contributed by atoms with Crippen molar-refractivity contribution >= 4 is 33.6 Å². The predicted octanol–water partition coefficient (Wildman–Crippen LogP) is 4.23. The maximum absolute atomic E-state index is 12.7. The molecule has 0 unspecified atom stereocenters. The maximum atomic E-state index is 12.7. The van der Waals surface area contributed by atoms with Crippen LogP contribution in [0.1, 0.15) is 12.0 Å². The van der Waals surface area contributed by atoms with Crippen molar-refractivity contribution in [3.8, 4) is 0 Å². The van der Waals surface area contributed by atoms with Crippen LogP contribution in [0.4, 0.5) is 4.39 Å². The molecular formula is C10H9BrClF. The van der Waals surface area contributed by atoms with E-state index in [0.29, 0.717) is 5.88 Å². The van der Waals surface area contributed by atoms with Crippen LogP contribution < -0.4 is 0 Å². The molecule has 0 saturated heterocycles. The highest BCUT2D eigenvalue weighted by Crippen LogP contribution is 2.19. The minimum Gasteiger partial charge on any atom is -0.207 e. The molecule has 1 aromatic rings. The molecule has 0 fully saturated rings. The van der Waals surface area contributed by atoms with Crippen LogP contribution in [0.25, 0.3) is 6.08 Å². The van der Waals surface area contributed by atoms with Crippen molar-refractivity contribution in [3.05, 3.63) is 40.1 Å². The Balaban J connectivity index is 2.77. The molecule has 0 spiro atoms. The molecule has 0 aromatic heterocycles. The molecule has 0 bridgehead atoms. The lowest BCUT2D eigenvalue weighted by molar-refractivity contribution is 0.627. The number of hydrogen-bond acceptors (Lipinski definition) is 0. The van der Waals surface area contributed by atoms with Gasteiger partial charge in [0.1, 0.15) is 5.82 Å². The molecule has 0 aliphatic heterocycles. The fourth-order valence-electron chi connectivity index (χ4n) is 0.910. The molecule has 13 heavy (non-hydrogen) atoms. The van der Waals surface area contributed by atoms with E-state index in [2.05, 4.69) is 15.9 Å². The third-order valence-corrected chi connectivity index (χ3v) is 2.44. The Bertz CT molecular complexity index is 310. The van der Waals surface area contributed by atoms with Crippen LogP contribution in [-0.2, 0) is 0 Å². The van der Waals surface area contributed by atoms with Crippen molar-refractivity contribution < 1.29 is 4.39 Å². The Hall–Kier alpha value is -0.340. The quantitative estimate of drug-likeness (QED) is 0.716. The first-order chi connectivity index (χ1) is 6.24. The van der Waals surface area contributed by atoms with Gasteiger partial charge >= 0.3 is 0 Å². The minimum absolute atomic E-state index is 0.235. The molecule has 70 valence electrons. The molecule has 0 aliphatic carbocycles. The summed E-state index contributed by atoms with van der Waals surface area (Å²) in [6.07, 6.45) is 4.71. The smallest absolute Gasteiger partial charge is 0.124 e. The van der Waals surface area contributed by atoms with Gasteiger partial charge in [0.05, 0.1) is 0 Å². The SMILES string of the molecule is Fc1ccc(C=CCCCl)c(Br)c1. The van der Waals surface area contributed by atoms with Crippen molar-refractivity contribution in [1.82, 2.24) is 0 Å². The molecule has 0 atom stereocenters. The summed E-state index contributed by atoms with van der Waals surface area (Å²) >= 11 is 8.78. The fraction of sp³-hybridized carbons (Fsp3) is 0.200. The van der Waals surface area contributed by atoms with Crippen LogP contribution in [0, 0.1) is 5.82 Å². The van der Waals surface area contributed by atoms with Crippen LogP contribution in [0.15, 0.2) is 28.7 Å². The van der Waals surface area contributed by atoms with Gasteiger partial charge in [-0.15, -0.1) is 11.6 Å². The van der Waals surface area contributed by atoms with Gasteiger partial charge < -0.3 is 0 Å². The standard InChI is InChI=1S/C10H9BrClF/c11-10-7-9(13)5-4-8(10)3-1-2-6-12/h1,3-5,7H,2,6H2. The van der Waals surface area contributed by atoms with Crippen LogP contribution >= 0.6 is 27.5 Å². The van der Waals surface area contributed by atoms with E-state index in [1.165, 1.54) is 12.1 Å². The number of rotatable bonds is 3. The zero-order valence-corrected chi connectivity index (χ0v) is 9.28. The lowest BCUT2D eigenvalue weighted by Gasteiger charge is -1.97. The second-order valence-electron chi connectivity index (χ2n) is 2.55. The number of benzene rings is 1. The van der Waals surface area contributed by atoms with Crippen LogP contribution in [-0.4, -0.2) is 5.88 Å². The predicted molar refractivity (Wildman–Crippen MR) is 58.5 cm³/mol. The summed E-state index contributed by atoms with van der Waals surface area (Å²) in [5.41, 5.74) is 0.964. The average Bonchev–Trinajstić information content (AvgIpc) is 2.09. The summed E-state index contributed by atoms with van der Waals surface area (Å²) < 4.78 is 13.4. The summed E-state index contributed by atoms with van der Waals surface area (Å²) in [6.45, 7) is 0. The largest absolute Gasteiger partial charge is 0.207 e. The van der Waals surface area contributed by atoms with Crippen molar-refractivity contribution in [2.45, 2.75) is 6.42 Å². The molecule has 3 heteroatoms. The van der Waals surface area contributed by atoms with Crippen molar-refractivity contribution in [3.63, 3.8) is 0 Å². The monoisotopic (exact) mass is 262 g/mol. The first-order valence-electron chi connectivity index (χ1n) is 3.91. The van der Waals surface area contributed by atoms with Gasteiger partial charge in [-0.3, -0.25) is 0 Å². The van der Waals surface area contributed by atoms with Crippen LogP contribution in [0.5, 0.6) is 0 Å². The first kappa shape index (κ1) is 10.7. The number of allylic oxidation sites excluding steroid dienone is 1. The zero-order chi connectivity index (χ0) is 9.68. The fourth-order valence-corrected chi connectivity index (χ4v) is 1.52. The maximum Gasteiger partial charge on any atom is 0.124 e. The van der Waals surface area contributed by atoms with E-state index in [1.54, 1.807) is 6.07 Å². The van der Waals surface area contributed by atoms with Crippen LogP contribution in [0.3, 0.4) is 0 Å². The topological polar surface area (TPSA) is 0 Å². The van der Waals surface area contributed by atoms with Gasteiger partial charge in [0.15, 0.2) is 0 Å². The average molecular weight is 264 g/mol. The van der Waals surface area contributed by atoms with Gasteiger partial charge in [0.2, 0.25) is 0 Å². The molecular weight excluding hydrogens is 254 g/mol. The Morgan fingerprint density at radius 3 is 2.85 bits per heavy atom. The minimum atomic E-state index is -0.235. The van der Waals surface area contributed by atoms with E-state index >= 15 is 0 Å². The summed E-state index contributed by atoms with van der Waals surface area (Å²) in [6, 6.07) is 4.61. The highest BCUT2D eigenvalue weighted by atomic mass is 79.9. The first-order valence-corrected chi connectivity index (χ1v) is 5.24. The highest BCUT2D eigenvalue weighted by Gasteiger charge is 1.96. The van der Waals surface area contributed by atoms with Gasteiger partial charge in [0.25, 0.3) is 0 Å². The Labute approximate surface area is 90.5 Å². The van der Waals surface area contributed by atoms with Gasteiger partial charge in [-0.05, 0) is 24.1 Å². The van der Waals surface area contributed by atoms with Gasteiger partial charge in [-0.2, -0.15) is 0 Å². The summed E-state index contributed by atoms with van der Waals surface area (Å²) in [4.78, 5) is 0. The number of alkyl halides is 1. The molecule has 0 amide bonds. The van der Waals surface area contributed by atoms with E-state index < -0.39 is 0 Å². The second-order valence-corrected chi connectivity index (χ2v) is 3.78. The van der Waals surface area contributed by atoms with Gasteiger partial charge in [-0.25, -0.2) is 4.39 Å². The van der Waals surface area contributed by atoms with E-state index in [1.807, 2.05) is 12.2 Å². The molecule has 1 rings (SSSR count). The van der Waals surface area contributed by atoms with Gasteiger partial charge in [-0.1, -0.05) is 34.1 Å². The number of hydrogen-bond donors (Lipinski definition) is 0. The molecule has 0 heterocycles. The van der Waals surface area contributed by atoms with E-state index in [4.69, 9.17) is 11.6 Å². The molecule has 0 N–H and O–H groups in total. The lowest BCUT2D eigenvalue weighted by atomic mass is 10.2. The van der Waals surface area contributed by atoms with Crippen molar-refractivity contribution in [2.24, 2.45) is 0 Å². The Morgan fingerprint density at radius 2 is 2.23 bits per heavy atom. The molecule has 0 aliphatic rings. The molecule has 0 saturated carbocycles. The summed E-state index contributed by atoms with van der Waals surface area (Å²) in [7, 11) is 0. The number of halogens is 3. The van der Waals surface area contributed by atoms with E-state index in [0.717, 1.165) is 16.5 Å². The summed E-state index contributed by atoms with van der Waals surface area (Å²) in [5, 5.41) is 0. The van der Waals surface area contributed by atoms with Gasteiger partial charge in [0, 0.05) is 10.4 Å². The van der Waals surface area contributed by atoms with Crippen molar-refractivity contribution in [1.29, 1.82) is 0 Å². The molecule has 1 aromatic carbocycles. The van der Waals surface area contributed by atoms with Crippen LogP contribution in [0.2, 0.25) is 0 Å². The Kier molecular flexibility index (Phi) is 4.46. The normalized spacial score (nSPS) is 11.0.